The number of H-pyrrole nitrogens is 1. The fourth-order valence-electron chi connectivity index (χ4n) is 1.63. The van der Waals surface area contributed by atoms with Crippen LogP contribution in [-0.2, 0) is 0 Å². The maximum atomic E-state index is 12.0. The van der Waals surface area contributed by atoms with Gasteiger partial charge in [0, 0.05) is 12.3 Å². The van der Waals surface area contributed by atoms with Crippen molar-refractivity contribution in [2.45, 2.75) is 0 Å². The zero-order valence-corrected chi connectivity index (χ0v) is 11.2. The topological polar surface area (TPSA) is 91.4 Å². The van der Waals surface area contributed by atoms with Crippen molar-refractivity contribution in [3.8, 4) is 5.75 Å². The molecule has 0 atom stereocenters. The number of hydrogen-bond acceptors (Lipinski definition) is 3. The van der Waals surface area contributed by atoms with Gasteiger partial charge in [0.15, 0.2) is 0 Å². The molecule has 0 bridgehead atoms. The van der Waals surface area contributed by atoms with Crippen LogP contribution in [0.2, 0.25) is 5.02 Å². The molecule has 0 fully saturated rings. The lowest BCUT2D eigenvalue weighted by Crippen LogP contribution is -2.15. The summed E-state index contributed by atoms with van der Waals surface area (Å²) < 4.78 is 5.01. The summed E-state index contributed by atoms with van der Waals surface area (Å²) in [5.74, 6) is -1.20. The van der Waals surface area contributed by atoms with Crippen LogP contribution < -0.4 is 10.1 Å². The van der Waals surface area contributed by atoms with Gasteiger partial charge >= 0.3 is 5.97 Å². The number of aromatic carboxylic acids is 1. The highest BCUT2D eigenvalue weighted by atomic mass is 35.5. The Balaban J connectivity index is 2.31. The van der Waals surface area contributed by atoms with E-state index in [1.54, 1.807) is 0 Å². The number of aromatic nitrogens is 1. The summed E-state index contributed by atoms with van der Waals surface area (Å²) in [4.78, 5) is 25.8. The molecule has 1 aromatic carbocycles. The van der Waals surface area contributed by atoms with E-state index in [9.17, 15) is 9.59 Å². The monoisotopic (exact) mass is 294 g/mol. The molecule has 6 nitrogen and oxygen atoms in total. The number of amides is 1. The predicted octanol–water partition coefficient (Wildman–Crippen LogP) is 2.63. The number of nitrogens with one attached hydrogen (secondary N) is 2. The smallest absolute Gasteiger partial charge is 0.337 e. The molecule has 104 valence electrons. The molecule has 1 amide bonds. The van der Waals surface area contributed by atoms with Gasteiger partial charge in [-0.3, -0.25) is 4.79 Å². The molecule has 2 rings (SSSR count). The lowest BCUT2D eigenvalue weighted by molar-refractivity contribution is 0.0698. The van der Waals surface area contributed by atoms with Crippen LogP contribution in [0.5, 0.6) is 5.75 Å². The maximum Gasteiger partial charge on any atom is 0.337 e. The lowest BCUT2D eigenvalue weighted by Gasteiger charge is -2.09. The number of methoxy groups -OCH3 is 1. The molecule has 3 N–H and O–H groups in total. The van der Waals surface area contributed by atoms with E-state index >= 15 is 0 Å². The number of rotatable bonds is 4. The number of benzene rings is 1. The van der Waals surface area contributed by atoms with Gasteiger partial charge in [-0.2, -0.15) is 0 Å². The SMILES string of the molecule is COc1ccc(C(=O)O)c(NC(=O)c2cc(Cl)c[nH]2)c1. The highest BCUT2D eigenvalue weighted by molar-refractivity contribution is 6.31. The van der Waals surface area contributed by atoms with E-state index in [0.29, 0.717) is 10.8 Å². The molecule has 0 spiro atoms. The van der Waals surface area contributed by atoms with Crippen molar-refractivity contribution < 1.29 is 19.4 Å². The van der Waals surface area contributed by atoms with E-state index < -0.39 is 11.9 Å². The average Bonchev–Trinajstić information content (AvgIpc) is 2.85. The summed E-state index contributed by atoms with van der Waals surface area (Å²) in [5.41, 5.74) is 0.346. The first-order chi connectivity index (χ1) is 9.51. The van der Waals surface area contributed by atoms with Gasteiger partial charge in [-0.15, -0.1) is 0 Å². The quantitative estimate of drug-likeness (QED) is 0.808. The van der Waals surface area contributed by atoms with Gasteiger partial charge in [-0.25, -0.2) is 4.79 Å². The van der Waals surface area contributed by atoms with E-state index in [2.05, 4.69) is 10.3 Å². The van der Waals surface area contributed by atoms with Gasteiger partial charge < -0.3 is 20.1 Å². The fraction of sp³-hybridized carbons (Fsp3) is 0.0769. The van der Waals surface area contributed by atoms with Crippen LogP contribution in [0.25, 0.3) is 0 Å². The highest BCUT2D eigenvalue weighted by Gasteiger charge is 2.15. The molecular formula is C13H11ClN2O4. The molecule has 2 aromatic rings. The normalized spacial score (nSPS) is 10.1. The average molecular weight is 295 g/mol. The Hall–Kier alpha value is -2.47. The summed E-state index contributed by atoms with van der Waals surface area (Å²) in [6.07, 6.45) is 1.46. The van der Waals surface area contributed by atoms with E-state index in [1.807, 2.05) is 0 Å². The second kappa shape index (κ2) is 5.66. The number of anilines is 1. The van der Waals surface area contributed by atoms with Crippen molar-refractivity contribution >= 4 is 29.2 Å². The predicted molar refractivity (Wildman–Crippen MR) is 73.7 cm³/mol. The zero-order chi connectivity index (χ0) is 14.7. The first-order valence-corrected chi connectivity index (χ1v) is 5.95. The molecule has 0 aliphatic rings. The molecule has 1 heterocycles. The van der Waals surface area contributed by atoms with Crippen LogP contribution in [0, 0.1) is 0 Å². The minimum atomic E-state index is -1.15. The third-order valence-electron chi connectivity index (χ3n) is 2.60. The van der Waals surface area contributed by atoms with Crippen molar-refractivity contribution in [2.24, 2.45) is 0 Å². The van der Waals surface area contributed by atoms with Crippen molar-refractivity contribution in [2.75, 3.05) is 12.4 Å². The Morgan fingerprint density at radius 3 is 2.65 bits per heavy atom. The third-order valence-corrected chi connectivity index (χ3v) is 2.82. The molecule has 0 saturated heterocycles. The first-order valence-electron chi connectivity index (χ1n) is 5.58. The molecule has 20 heavy (non-hydrogen) atoms. The third kappa shape index (κ3) is 2.92. The highest BCUT2D eigenvalue weighted by Crippen LogP contribution is 2.23. The van der Waals surface area contributed by atoms with Gasteiger partial charge in [0.05, 0.1) is 23.4 Å². The maximum absolute atomic E-state index is 12.0. The van der Waals surface area contributed by atoms with Crippen molar-refractivity contribution in [3.63, 3.8) is 0 Å². The minimum Gasteiger partial charge on any atom is -0.497 e. The Labute approximate surface area is 119 Å². The number of hydrogen-bond donors (Lipinski definition) is 3. The van der Waals surface area contributed by atoms with Crippen LogP contribution in [0.1, 0.15) is 20.8 Å². The lowest BCUT2D eigenvalue weighted by atomic mass is 10.1. The molecule has 0 unspecified atom stereocenters. The second-order valence-electron chi connectivity index (χ2n) is 3.90. The fourth-order valence-corrected chi connectivity index (χ4v) is 1.79. The number of carboxylic acid groups (broad SMARTS) is 1. The van der Waals surface area contributed by atoms with Crippen molar-refractivity contribution in [1.82, 2.24) is 4.98 Å². The summed E-state index contributed by atoms with van der Waals surface area (Å²) >= 11 is 5.71. The van der Waals surface area contributed by atoms with Crippen LogP contribution in [0.15, 0.2) is 30.5 Å². The van der Waals surface area contributed by atoms with Gasteiger partial charge in [-0.1, -0.05) is 11.6 Å². The molecule has 7 heteroatoms. The van der Waals surface area contributed by atoms with Crippen LogP contribution in [0.4, 0.5) is 5.69 Å². The standard InChI is InChI=1S/C13H11ClN2O4/c1-20-8-2-3-9(13(18)19)10(5-8)16-12(17)11-4-7(14)6-15-11/h2-6,15H,1H3,(H,16,17)(H,18,19). The largest absolute Gasteiger partial charge is 0.497 e. The molecule has 0 aliphatic carbocycles. The number of carboxylic acids is 1. The van der Waals surface area contributed by atoms with Gasteiger partial charge in [0.25, 0.3) is 5.91 Å². The van der Waals surface area contributed by atoms with Crippen LogP contribution >= 0.6 is 11.6 Å². The second-order valence-corrected chi connectivity index (χ2v) is 4.34. The summed E-state index contributed by atoms with van der Waals surface area (Å²) in [6.45, 7) is 0. The summed E-state index contributed by atoms with van der Waals surface area (Å²) in [7, 11) is 1.45. The van der Waals surface area contributed by atoms with E-state index in [4.69, 9.17) is 21.4 Å². The zero-order valence-electron chi connectivity index (χ0n) is 10.4. The van der Waals surface area contributed by atoms with Gasteiger partial charge in [0.2, 0.25) is 0 Å². The molecule has 0 aliphatic heterocycles. The first kappa shape index (κ1) is 14.0. The Bertz CT molecular complexity index is 666. The van der Waals surface area contributed by atoms with E-state index in [1.165, 1.54) is 37.6 Å². The van der Waals surface area contributed by atoms with Crippen LogP contribution in [0.3, 0.4) is 0 Å². The number of halogens is 1. The summed E-state index contributed by atoms with van der Waals surface area (Å²) in [6, 6.07) is 5.74. The van der Waals surface area contributed by atoms with E-state index in [-0.39, 0.29) is 16.9 Å². The number of aromatic amines is 1. The Morgan fingerprint density at radius 2 is 2.10 bits per heavy atom. The Kier molecular flexibility index (Phi) is 3.95. The summed E-state index contributed by atoms with van der Waals surface area (Å²) in [5, 5.41) is 12.0. The van der Waals surface area contributed by atoms with Crippen LogP contribution in [-0.4, -0.2) is 29.1 Å². The number of carbonyl (C=O) groups is 2. The van der Waals surface area contributed by atoms with Crippen molar-refractivity contribution in [3.05, 3.63) is 46.7 Å². The van der Waals surface area contributed by atoms with Gasteiger partial charge in [0.1, 0.15) is 11.4 Å². The molecular weight excluding hydrogens is 284 g/mol. The molecule has 0 saturated carbocycles. The van der Waals surface area contributed by atoms with E-state index in [0.717, 1.165) is 0 Å². The van der Waals surface area contributed by atoms with Crippen molar-refractivity contribution in [1.29, 1.82) is 0 Å². The Morgan fingerprint density at radius 1 is 1.35 bits per heavy atom. The molecule has 0 radical (unpaired) electrons. The number of ether oxygens (including phenoxy) is 1. The van der Waals surface area contributed by atoms with Gasteiger partial charge in [-0.05, 0) is 18.2 Å². The minimum absolute atomic E-state index is 0.0307. The molecule has 1 aromatic heterocycles. The number of carbonyl (C=O) groups excluding carboxylic acids is 1.